The standard InChI is InChI=1S/C11H13N.ClH/c1-8-7-10-5-3-4-6-11(10)9(2)12-8;/h3-6,8H,7H2,1-2H3;1H. The summed E-state index contributed by atoms with van der Waals surface area (Å²) in [5, 5.41) is 0. The van der Waals surface area contributed by atoms with Gasteiger partial charge in [0, 0.05) is 5.71 Å². The van der Waals surface area contributed by atoms with Gasteiger partial charge in [-0.2, -0.15) is 0 Å². The minimum atomic E-state index is 0. The van der Waals surface area contributed by atoms with E-state index in [0.29, 0.717) is 6.04 Å². The second-order valence-electron chi connectivity index (χ2n) is 3.42. The van der Waals surface area contributed by atoms with Crippen LogP contribution in [0.15, 0.2) is 29.3 Å². The lowest BCUT2D eigenvalue weighted by Crippen LogP contribution is -2.16. The molecule has 0 amide bonds. The number of halogens is 1. The normalized spacial score (nSPS) is 19.8. The Bertz CT molecular complexity index is 331. The monoisotopic (exact) mass is 195 g/mol. The number of nitrogens with zero attached hydrogens (tertiary/aromatic N) is 1. The Morgan fingerprint density at radius 2 is 2.00 bits per heavy atom. The van der Waals surface area contributed by atoms with Crippen LogP contribution in [0, 0.1) is 0 Å². The zero-order chi connectivity index (χ0) is 8.55. The molecule has 1 aliphatic heterocycles. The zero-order valence-electron chi connectivity index (χ0n) is 7.95. The van der Waals surface area contributed by atoms with Crippen LogP contribution in [0.5, 0.6) is 0 Å². The van der Waals surface area contributed by atoms with E-state index in [1.54, 1.807) is 0 Å². The van der Waals surface area contributed by atoms with Crippen molar-refractivity contribution in [3.05, 3.63) is 35.4 Å². The molecule has 0 radical (unpaired) electrons. The highest BCUT2D eigenvalue weighted by atomic mass is 35.5. The topological polar surface area (TPSA) is 12.4 Å². The lowest BCUT2D eigenvalue weighted by molar-refractivity contribution is 0.727. The van der Waals surface area contributed by atoms with Gasteiger partial charge in [0.15, 0.2) is 0 Å². The van der Waals surface area contributed by atoms with E-state index in [1.807, 2.05) is 0 Å². The van der Waals surface area contributed by atoms with Crippen LogP contribution < -0.4 is 0 Å². The number of hydrogen-bond donors (Lipinski definition) is 0. The molecular formula is C11H14ClN. The van der Waals surface area contributed by atoms with Crippen molar-refractivity contribution in [2.24, 2.45) is 4.99 Å². The first-order valence-corrected chi connectivity index (χ1v) is 4.40. The van der Waals surface area contributed by atoms with Crippen LogP contribution in [0.2, 0.25) is 0 Å². The third kappa shape index (κ3) is 1.92. The van der Waals surface area contributed by atoms with Gasteiger partial charge in [0.2, 0.25) is 0 Å². The predicted molar refractivity (Wildman–Crippen MR) is 59.1 cm³/mol. The van der Waals surface area contributed by atoms with Crippen LogP contribution in [0.4, 0.5) is 0 Å². The molecule has 1 nitrogen and oxygen atoms in total. The van der Waals surface area contributed by atoms with E-state index in [-0.39, 0.29) is 12.4 Å². The summed E-state index contributed by atoms with van der Waals surface area (Å²) in [6.07, 6.45) is 1.09. The van der Waals surface area contributed by atoms with Crippen LogP contribution >= 0.6 is 12.4 Å². The maximum atomic E-state index is 4.54. The number of rotatable bonds is 0. The molecule has 0 saturated carbocycles. The summed E-state index contributed by atoms with van der Waals surface area (Å²) in [6.45, 7) is 4.26. The van der Waals surface area contributed by atoms with Crippen LogP contribution in [0.1, 0.15) is 25.0 Å². The fourth-order valence-corrected chi connectivity index (χ4v) is 1.82. The summed E-state index contributed by atoms with van der Waals surface area (Å²) < 4.78 is 0. The highest BCUT2D eigenvalue weighted by Crippen LogP contribution is 2.18. The third-order valence-electron chi connectivity index (χ3n) is 2.34. The zero-order valence-corrected chi connectivity index (χ0v) is 8.77. The Hall–Kier alpha value is -0.820. The third-order valence-corrected chi connectivity index (χ3v) is 2.34. The quantitative estimate of drug-likeness (QED) is 0.604. The maximum Gasteiger partial charge on any atom is 0.0515 e. The molecule has 1 aromatic rings. The van der Waals surface area contributed by atoms with Gasteiger partial charge in [0.05, 0.1) is 6.04 Å². The van der Waals surface area contributed by atoms with E-state index in [9.17, 15) is 0 Å². The van der Waals surface area contributed by atoms with E-state index >= 15 is 0 Å². The van der Waals surface area contributed by atoms with E-state index in [1.165, 1.54) is 16.8 Å². The molecule has 0 fully saturated rings. The fourth-order valence-electron chi connectivity index (χ4n) is 1.82. The van der Waals surface area contributed by atoms with Gasteiger partial charge in [-0.25, -0.2) is 0 Å². The summed E-state index contributed by atoms with van der Waals surface area (Å²) in [5.41, 5.74) is 3.96. The SMILES string of the molecule is CC1=NC(C)Cc2ccccc21.Cl. The molecule has 1 atom stereocenters. The Kier molecular flexibility index (Phi) is 3.10. The number of benzene rings is 1. The highest BCUT2D eigenvalue weighted by molar-refractivity contribution is 6.00. The van der Waals surface area contributed by atoms with Crippen molar-refractivity contribution in [2.75, 3.05) is 0 Å². The summed E-state index contributed by atoms with van der Waals surface area (Å²) >= 11 is 0. The van der Waals surface area contributed by atoms with Gasteiger partial charge >= 0.3 is 0 Å². The van der Waals surface area contributed by atoms with Crippen LogP contribution in [-0.4, -0.2) is 11.8 Å². The molecule has 0 aromatic heterocycles. The summed E-state index contributed by atoms with van der Waals surface area (Å²) in [4.78, 5) is 4.54. The Labute approximate surface area is 85.3 Å². The summed E-state index contributed by atoms with van der Waals surface area (Å²) in [6, 6.07) is 8.99. The van der Waals surface area contributed by atoms with Crippen molar-refractivity contribution < 1.29 is 0 Å². The number of aliphatic imine (C=N–C) groups is 1. The first-order chi connectivity index (χ1) is 5.77. The predicted octanol–water partition coefficient (Wildman–Crippen LogP) is 2.86. The van der Waals surface area contributed by atoms with Gasteiger partial charge < -0.3 is 0 Å². The van der Waals surface area contributed by atoms with Gasteiger partial charge in [0.1, 0.15) is 0 Å². The second kappa shape index (κ2) is 3.93. The Morgan fingerprint density at radius 3 is 2.77 bits per heavy atom. The average Bonchev–Trinajstić information content (AvgIpc) is 2.04. The maximum absolute atomic E-state index is 4.54. The lowest BCUT2D eigenvalue weighted by atomic mass is 9.95. The van der Waals surface area contributed by atoms with Crippen LogP contribution in [0.25, 0.3) is 0 Å². The Balaban J connectivity index is 0.000000845. The molecule has 0 spiro atoms. The molecule has 0 saturated heterocycles. The number of fused-ring (bicyclic) bond motifs is 1. The van der Waals surface area contributed by atoms with Crippen molar-refractivity contribution in [2.45, 2.75) is 26.3 Å². The van der Waals surface area contributed by atoms with Crippen molar-refractivity contribution >= 4 is 18.1 Å². The molecular weight excluding hydrogens is 182 g/mol. The average molecular weight is 196 g/mol. The first-order valence-electron chi connectivity index (χ1n) is 4.40. The van der Waals surface area contributed by atoms with Gasteiger partial charge in [0.25, 0.3) is 0 Å². The molecule has 1 heterocycles. The van der Waals surface area contributed by atoms with Gasteiger partial charge in [-0.05, 0) is 31.4 Å². The smallest absolute Gasteiger partial charge is 0.0515 e. The minimum Gasteiger partial charge on any atom is -0.286 e. The summed E-state index contributed by atoms with van der Waals surface area (Å²) in [5.74, 6) is 0. The van der Waals surface area contributed by atoms with Gasteiger partial charge in [-0.1, -0.05) is 24.3 Å². The van der Waals surface area contributed by atoms with Gasteiger partial charge in [-0.15, -0.1) is 12.4 Å². The van der Waals surface area contributed by atoms with E-state index < -0.39 is 0 Å². The van der Waals surface area contributed by atoms with Crippen molar-refractivity contribution in [3.8, 4) is 0 Å². The Morgan fingerprint density at radius 1 is 1.31 bits per heavy atom. The fraction of sp³-hybridized carbons (Fsp3) is 0.364. The molecule has 2 rings (SSSR count). The highest BCUT2D eigenvalue weighted by Gasteiger charge is 2.13. The van der Waals surface area contributed by atoms with Crippen molar-refractivity contribution in [1.29, 1.82) is 0 Å². The molecule has 2 heteroatoms. The summed E-state index contributed by atoms with van der Waals surface area (Å²) in [7, 11) is 0. The number of hydrogen-bond acceptors (Lipinski definition) is 1. The van der Waals surface area contributed by atoms with Crippen molar-refractivity contribution in [3.63, 3.8) is 0 Å². The van der Waals surface area contributed by atoms with E-state index in [2.05, 4.69) is 43.1 Å². The van der Waals surface area contributed by atoms with Crippen LogP contribution in [-0.2, 0) is 6.42 Å². The molecule has 0 bridgehead atoms. The minimum absolute atomic E-state index is 0. The molecule has 1 unspecified atom stereocenters. The largest absolute Gasteiger partial charge is 0.286 e. The first kappa shape index (κ1) is 10.3. The van der Waals surface area contributed by atoms with Gasteiger partial charge in [-0.3, -0.25) is 4.99 Å². The molecule has 1 aliphatic rings. The second-order valence-corrected chi connectivity index (χ2v) is 3.42. The van der Waals surface area contributed by atoms with E-state index in [4.69, 9.17) is 0 Å². The molecule has 70 valence electrons. The van der Waals surface area contributed by atoms with Crippen molar-refractivity contribution in [1.82, 2.24) is 0 Å². The molecule has 0 N–H and O–H groups in total. The van der Waals surface area contributed by atoms with E-state index in [0.717, 1.165) is 6.42 Å². The van der Waals surface area contributed by atoms with Crippen LogP contribution in [0.3, 0.4) is 0 Å². The molecule has 0 aliphatic carbocycles. The lowest BCUT2D eigenvalue weighted by Gasteiger charge is -2.18. The molecule has 13 heavy (non-hydrogen) atoms. The molecule has 1 aromatic carbocycles.